The van der Waals surface area contributed by atoms with Crippen molar-refractivity contribution in [3.8, 4) is 5.75 Å². The van der Waals surface area contributed by atoms with Crippen molar-refractivity contribution < 1.29 is 4.74 Å². The summed E-state index contributed by atoms with van der Waals surface area (Å²) >= 11 is 0. The third kappa shape index (κ3) is 11.3. The first-order chi connectivity index (χ1) is 12.0. The van der Waals surface area contributed by atoms with Crippen molar-refractivity contribution in [3.05, 3.63) is 30.3 Å². The summed E-state index contributed by atoms with van der Waals surface area (Å²) in [7, 11) is 0. The van der Waals surface area contributed by atoms with E-state index in [1.165, 1.54) is 70.6 Å². The summed E-state index contributed by atoms with van der Waals surface area (Å²) in [6, 6.07) is 10.1. The highest BCUT2D eigenvalue weighted by Gasteiger charge is 2.26. The molecule has 0 spiro atoms. The summed E-state index contributed by atoms with van der Waals surface area (Å²) in [5.74, 6) is 0.925. The van der Waals surface area contributed by atoms with Crippen LogP contribution in [0.1, 0.15) is 97.8 Å². The van der Waals surface area contributed by atoms with E-state index in [4.69, 9.17) is 10.5 Å². The minimum atomic E-state index is -0.311. The highest BCUT2D eigenvalue weighted by Crippen LogP contribution is 2.21. The van der Waals surface area contributed by atoms with Crippen LogP contribution in [0.2, 0.25) is 0 Å². The van der Waals surface area contributed by atoms with Crippen LogP contribution in [0.3, 0.4) is 0 Å². The maximum Gasteiger partial charge on any atom is 0.119 e. The predicted octanol–water partition coefficient (Wildman–Crippen LogP) is 6.87. The van der Waals surface area contributed by atoms with Gasteiger partial charge in [0.15, 0.2) is 0 Å². The second kappa shape index (κ2) is 13.2. The lowest BCUT2D eigenvalue weighted by Crippen LogP contribution is -2.48. The monoisotopic (exact) mass is 347 g/mol. The number of hydrogen-bond acceptors (Lipinski definition) is 2. The van der Waals surface area contributed by atoms with Crippen LogP contribution in [0.4, 0.5) is 0 Å². The highest BCUT2D eigenvalue weighted by molar-refractivity contribution is 5.21. The number of nitrogens with two attached hydrogens (primary N) is 1. The fraction of sp³-hybridized carbons (Fsp3) is 0.739. The highest BCUT2D eigenvalue weighted by atomic mass is 16.5. The van der Waals surface area contributed by atoms with Crippen molar-refractivity contribution in [3.63, 3.8) is 0 Å². The van der Waals surface area contributed by atoms with E-state index in [2.05, 4.69) is 20.8 Å². The number of hydrogen-bond donors (Lipinski definition) is 1. The molecule has 1 rings (SSSR count). The van der Waals surface area contributed by atoms with Crippen molar-refractivity contribution in [2.75, 3.05) is 0 Å². The van der Waals surface area contributed by atoms with Gasteiger partial charge in [0.25, 0.3) is 0 Å². The number of unbranched alkanes of at least 4 members (excludes halogenated alkanes) is 10. The van der Waals surface area contributed by atoms with Crippen LogP contribution >= 0.6 is 0 Å². The summed E-state index contributed by atoms with van der Waals surface area (Å²) in [4.78, 5) is 0. The van der Waals surface area contributed by atoms with Crippen LogP contribution in [0.15, 0.2) is 30.3 Å². The summed E-state index contributed by atoms with van der Waals surface area (Å²) in [5, 5.41) is 0. The molecule has 1 atom stereocenters. The minimum Gasteiger partial charge on any atom is -0.489 e. The first-order valence-corrected chi connectivity index (χ1v) is 10.5. The Morgan fingerprint density at radius 2 is 1.28 bits per heavy atom. The third-order valence-corrected chi connectivity index (χ3v) is 4.92. The molecule has 0 amide bonds. The zero-order chi connectivity index (χ0) is 18.4. The molecule has 0 bridgehead atoms. The van der Waals surface area contributed by atoms with Crippen LogP contribution in [0.25, 0.3) is 0 Å². The molecule has 0 aromatic heterocycles. The van der Waals surface area contributed by atoms with E-state index in [0.29, 0.717) is 0 Å². The molecule has 0 aliphatic carbocycles. The summed E-state index contributed by atoms with van der Waals surface area (Å²) < 4.78 is 6.15. The second-order valence-electron chi connectivity index (χ2n) is 8.07. The zero-order valence-corrected chi connectivity index (χ0v) is 16.9. The fourth-order valence-electron chi connectivity index (χ4n) is 3.24. The van der Waals surface area contributed by atoms with Crippen LogP contribution in [0.5, 0.6) is 5.75 Å². The minimum absolute atomic E-state index is 0.0773. The Morgan fingerprint density at radius 3 is 1.76 bits per heavy atom. The van der Waals surface area contributed by atoms with E-state index in [0.717, 1.165) is 12.2 Å². The smallest absolute Gasteiger partial charge is 0.119 e. The molecule has 0 saturated heterocycles. The van der Waals surface area contributed by atoms with Crippen molar-refractivity contribution in [1.29, 1.82) is 0 Å². The maximum absolute atomic E-state index is 6.33. The van der Waals surface area contributed by atoms with E-state index in [-0.39, 0.29) is 11.6 Å². The lowest BCUT2D eigenvalue weighted by Gasteiger charge is -2.31. The largest absolute Gasteiger partial charge is 0.489 e. The molecular weight excluding hydrogens is 306 g/mol. The Kier molecular flexibility index (Phi) is 11.6. The Hall–Kier alpha value is -1.02. The molecule has 25 heavy (non-hydrogen) atoms. The number of benzene rings is 1. The van der Waals surface area contributed by atoms with Gasteiger partial charge in [-0.3, -0.25) is 0 Å². The van der Waals surface area contributed by atoms with Crippen LogP contribution in [-0.4, -0.2) is 11.6 Å². The van der Waals surface area contributed by atoms with Gasteiger partial charge < -0.3 is 10.5 Å². The van der Waals surface area contributed by atoms with Crippen molar-refractivity contribution in [1.82, 2.24) is 0 Å². The van der Waals surface area contributed by atoms with Crippen LogP contribution in [-0.2, 0) is 0 Å². The Balaban J connectivity index is 2.11. The van der Waals surface area contributed by atoms with Gasteiger partial charge in [0, 0.05) is 5.54 Å². The van der Waals surface area contributed by atoms with Crippen molar-refractivity contribution >= 4 is 0 Å². The standard InChI is InChI=1S/C23H41NO/c1-4-5-6-7-8-9-10-11-12-13-17-20-22(23(2,3)24)25-21-18-15-14-16-19-21/h14-16,18-19,22H,4-13,17,20,24H2,1-3H3. The summed E-state index contributed by atoms with van der Waals surface area (Å²) in [6.45, 7) is 6.42. The molecule has 1 aromatic rings. The number of para-hydroxylation sites is 1. The van der Waals surface area contributed by atoms with Gasteiger partial charge in [0.1, 0.15) is 11.9 Å². The van der Waals surface area contributed by atoms with Gasteiger partial charge in [0.2, 0.25) is 0 Å². The molecule has 1 aromatic carbocycles. The Bertz CT molecular complexity index is 410. The van der Waals surface area contributed by atoms with Crippen LogP contribution in [0, 0.1) is 0 Å². The molecule has 1 unspecified atom stereocenters. The van der Waals surface area contributed by atoms with E-state index >= 15 is 0 Å². The van der Waals surface area contributed by atoms with Crippen molar-refractivity contribution in [2.24, 2.45) is 5.73 Å². The second-order valence-corrected chi connectivity index (χ2v) is 8.07. The molecule has 0 heterocycles. The number of rotatable bonds is 15. The van der Waals surface area contributed by atoms with Gasteiger partial charge in [0.05, 0.1) is 0 Å². The van der Waals surface area contributed by atoms with E-state index in [9.17, 15) is 0 Å². The molecule has 0 saturated carbocycles. The van der Waals surface area contributed by atoms with Gasteiger partial charge in [-0.25, -0.2) is 0 Å². The molecular formula is C23H41NO. The molecule has 2 N–H and O–H groups in total. The molecule has 0 radical (unpaired) electrons. The van der Waals surface area contributed by atoms with E-state index in [1.807, 2.05) is 30.3 Å². The number of ether oxygens (including phenoxy) is 1. The Morgan fingerprint density at radius 1 is 0.800 bits per heavy atom. The van der Waals surface area contributed by atoms with Gasteiger partial charge in [-0.1, -0.05) is 89.3 Å². The van der Waals surface area contributed by atoms with Gasteiger partial charge in [-0.2, -0.15) is 0 Å². The maximum atomic E-state index is 6.33. The van der Waals surface area contributed by atoms with Crippen molar-refractivity contribution in [2.45, 2.75) is 109 Å². The average Bonchev–Trinajstić information content (AvgIpc) is 2.58. The molecule has 0 fully saturated rings. The van der Waals surface area contributed by atoms with Gasteiger partial charge in [-0.05, 0) is 38.8 Å². The van der Waals surface area contributed by atoms with E-state index < -0.39 is 0 Å². The molecule has 144 valence electrons. The quantitative estimate of drug-likeness (QED) is 0.351. The molecule has 0 aliphatic rings. The fourth-order valence-corrected chi connectivity index (χ4v) is 3.24. The average molecular weight is 348 g/mol. The Labute approximate surface area is 156 Å². The summed E-state index contributed by atoms with van der Waals surface area (Å²) in [6.07, 6.45) is 16.2. The zero-order valence-electron chi connectivity index (χ0n) is 16.9. The predicted molar refractivity (Wildman–Crippen MR) is 110 cm³/mol. The lowest BCUT2D eigenvalue weighted by molar-refractivity contribution is 0.117. The topological polar surface area (TPSA) is 35.2 Å². The normalized spacial score (nSPS) is 13.0. The first-order valence-electron chi connectivity index (χ1n) is 10.5. The third-order valence-electron chi connectivity index (χ3n) is 4.92. The summed E-state index contributed by atoms with van der Waals surface area (Å²) in [5.41, 5.74) is 6.02. The SMILES string of the molecule is CCCCCCCCCCCCCC(Oc1ccccc1)C(C)(C)N. The lowest BCUT2D eigenvalue weighted by atomic mass is 9.93. The molecule has 2 nitrogen and oxygen atoms in total. The van der Waals surface area contributed by atoms with E-state index in [1.54, 1.807) is 0 Å². The first kappa shape index (κ1) is 22.0. The van der Waals surface area contributed by atoms with Crippen LogP contribution < -0.4 is 10.5 Å². The molecule has 0 aliphatic heterocycles. The molecule has 2 heteroatoms. The van der Waals surface area contributed by atoms with Gasteiger partial charge in [-0.15, -0.1) is 0 Å². The van der Waals surface area contributed by atoms with Gasteiger partial charge >= 0.3 is 0 Å².